The summed E-state index contributed by atoms with van der Waals surface area (Å²) in [5, 5.41) is 2.56. The molecule has 9 rings (SSSR count). The Morgan fingerprint density at radius 2 is 1.49 bits per heavy atom. The SMILES string of the molecule is C[n+]1[c-]n(-c2cccc(C3(C)c4cc(-c5cc(C(C)(C)C)ccn5)ccc4-n4c5ccccc5c5cccc3c54)c2)c2ccccc21. The molecule has 1 unspecified atom stereocenters. The highest BCUT2D eigenvalue weighted by Crippen LogP contribution is 2.51. The molecule has 0 spiro atoms. The molecule has 0 bridgehead atoms. The van der Waals surface area contributed by atoms with E-state index in [4.69, 9.17) is 4.98 Å². The minimum Gasteiger partial charge on any atom is -0.319 e. The first kappa shape index (κ1) is 27.8. The van der Waals surface area contributed by atoms with Crippen LogP contribution in [0.1, 0.15) is 49.9 Å². The quantitative estimate of drug-likeness (QED) is 0.145. The molecule has 0 radical (unpaired) electrons. The fourth-order valence-corrected chi connectivity index (χ4v) is 7.82. The molecular formula is C43H36N4. The molecule has 0 saturated heterocycles. The maximum Gasteiger partial charge on any atom is 0.244 e. The Balaban J connectivity index is 1.35. The summed E-state index contributed by atoms with van der Waals surface area (Å²) in [4.78, 5) is 4.88. The van der Waals surface area contributed by atoms with Crippen molar-refractivity contribution in [2.45, 2.75) is 38.5 Å². The molecule has 4 heteroatoms. The molecule has 0 N–H and O–H groups in total. The highest BCUT2D eigenvalue weighted by molar-refractivity contribution is 6.11. The number of imidazole rings is 1. The minimum absolute atomic E-state index is 0.0335. The van der Waals surface area contributed by atoms with Crippen LogP contribution in [0.2, 0.25) is 0 Å². The first-order valence-corrected chi connectivity index (χ1v) is 16.4. The smallest absolute Gasteiger partial charge is 0.244 e. The predicted molar refractivity (Wildman–Crippen MR) is 192 cm³/mol. The van der Waals surface area contributed by atoms with Gasteiger partial charge in [0, 0.05) is 27.9 Å². The van der Waals surface area contributed by atoms with Crippen molar-refractivity contribution in [3.05, 3.63) is 156 Å². The summed E-state index contributed by atoms with van der Waals surface area (Å²) in [5.41, 5.74) is 13.9. The van der Waals surface area contributed by atoms with E-state index in [1.807, 2.05) is 6.20 Å². The van der Waals surface area contributed by atoms with Crippen LogP contribution < -0.4 is 4.57 Å². The van der Waals surface area contributed by atoms with E-state index in [-0.39, 0.29) is 5.41 Å². The molecule has 1 aliphatic rings. The molecule has 8 aromatic rings. The summed E-state index contributed by atoms with van der Waals surface area (Å²) in [5.74, 6) is 0. The number of hydrogen-bond donors (Lipinski definition) is 0. The van der Waals surface area contributed by atoms with Crippen LogP contribution in [0.25, 0.3) is 55.5 Å². The van der Waals surface area contributed by atoms with Gasteiger partial charge in [0.2, 0.25) is 6.33 Å². The van der Waals surface area contributed by atoms with Crippen LogP contribution in [0, 0.1) is 6.33 Å². The highest BCUT2D eigenvalue weighted by atomic mass is 15.1. The molecule has 0 aliphatic carbocycles. The van der Waals surface area contributed by atoms with E-state index in [1.165, 1.54) is 49.7 Å². The lowest BCUT2D eigenvalue weighted by molar-refractivity contribution is -0.649. The molecule has 47 heavy (non-hydrogen) atoms. The number of pyridine rings is 1. The van der Waals surface area contributed by atoms with E-state index >= 15 is 0 Å². The Kier molecular flexibility index (Phi) is 5.77. The normalized spacial score (nSPS) is 15.9. The third-order valence-corrected chi connectivity index (χ3v) is 10.3. The summed E-state index contributed by atoms with van der Waals surface area (Å²) in [7, 11) is 2.06. The van der Waals surface area contributed by atoms with Crippen LogP contribution in [0.4, 0.5) is 0 Å². The molecule has 228 valence electrons. The first-order chi connectivity index (χ1) is 22.7. The molecule has 4 nitrogen and oxygen atoms in total. The number of para-hydroxylation sites is 4. The molecule has 0 fully saturated rings. The second-order valence-electron chi connectivity index (χ2n) is 14.1. The Labute approximate surface area is 275 Å². The Bertz CT molecular complexity index is 2540. The van der Waals surface area contributed by atoms with Gasteiger partial charge in [-0.05, 0) is 64.9 Å². The topological polar surface area (TPSA) is 26.6 Å². The van der Waals surface area contributed by atoms with E-state index in [0.29, 0.717) is 0 Å². The third-order valence-electron chi connectivity index (χ3n) is 10.3. The lowest BCUT2D eigenvalue weighted by Crippen LogP contribution is -2.31. The largest absolute Gasteiger partial charge is 0.319 e. The van der Waals surface area contributed by atoms with E-state index in [9.17, 15) is 0 Å². The second-order valence-corrected chi connectivity index (χ2v) is 14.1. The van der Waals surface area contributed by atoms with Gasteiger partial charge in [0.1, 0.15) is 0 Å². The van der Waals surface area contributed by atoms with Gasteiger partial charge >= 0.3 is 0 Å². The Hall–Kier alpha value is -5.48. The number of aryl methyl sites for hydroxylation is 1. The average Bonchev–Trinajstić information content (AvgIpc) is 3.62. The standard InChI is InChI=1S/C43H36N4/c1-42(2,3)29-22-23-44-36(26-29)28-20-21-38-35(24-28)43(4,34-16-11-15-33-32-14-6-7-17-37(32)47(38)41(33)34)30-12-10-13-31(25-30)46-27-45(5)39-18-8-9-19-40(39)46/h6-26H,1-5H3. The van der Waals surface area contributed by atoms with Crippen LogP contribution >= 0.6 is 0 Å². The lowest BCUT2D eigenvalue weighted by Gasteiger charge is -2.39. The summed E-state index contributed by atoms with van der Waals surface area (Å²) < 4.78 is 6.74. The average molecular weight is 609 g/mol. The van der Waals surface area contributed by atoms with Gasteiger partial charge < -0.3 is 13.7 Å². The van der Waals surface area contributed by atoms with Gasteiger partial charge in [-0.2, -0.15) is 0 Å². The lowest BCUT2D eigenvalue weighted by atomic mass is 9.68. The fraction of sp³-hybridized carbons (Fsp3) is 0.163. The van der Waals surface area contributed by atoms with Crippen LogP contribution in [-0.2, 0) is 17.9 Å². The van der Waals surface area contributed by atoms with Crippen molar-refractivity contribution in [3.63, 3.8) is 0 Å². The van der Waals surface area contributed by atoms with Gasteiger partial charge in [0.05, 0.1) is 46.2 Å². The molecule has 4 heterocycles. The number of aromatic nitrogens is 4. The molecule has 0 saturated carbocycles. The van der Waals surface area contributed by atoms with Crippen LogP contribution in [-0.4, -0.2) is 14.1 Å². The molecular weight excluding hydrogens is 573 g/mol. The van der Waals surface area contributed by atoms with Gasteiger partial charge in [0.25, 0.3) is 0 Å². The van der Waals surface area contributed by atoms with Crippen LogP contribution in [0.3, 0.4) is 0 Å². The van der Waals surface area contributed by atoms with Crippen molar-refractivity contribution >= 4 is 32.8 Å². The zero-order chi connectivity index (χ0) is 32.1. The predicted octanol–water partition coefficient (Wildman–Crippen LogP) is 9.38. The van der Waals surface area contributed by atoms with E-state index in [0.717, 1.165) is 28.0 Å². The fourth-order valence-electron chi connectivity index (χ4n) is 7.82. The third kappa shape index (κ3) is 3.94. The number of rotatable bonds is 3. The summed E-state index contributed by atoms with van der Waals surface area (Å²) >= 11 is 0. The number of fused-ring (bicyclic) bond motifs is 6. The maximum atomic E-state index is 4.88. The maximum absolute atomic E-state index is 4.88. The van der Waals surface area contributed by atoms with Crippen molar-refractivity contribution in [1.29, 1.82) is 0 Å². The van der Waals surface area contributed by atoms with Gasteiger partial charge in [-0.25, -0.2) is 0 Å². The van der Waals surface area contributed by atoms with Crippen molar-refractivity contribution < 1.29 is 4.57 Å². The van der Waals surface area contributed by atoms with Crippen molar-refractivity contribution in [1.82, 2.24) is 14.1 Å². The van der Waals surface area contributed by atoms with E-state index < -0.39 is 5.41 Å². The Morgan fingerprint density at radius 1 is 0.723 bits per heavy atom. The monoisotopic (exact) mass is 608 g/mol. The van der Waals surface area contributed by atoms with Crippen molar-refractivity contribution in [2.75, 3.05) is 0 Å². The summed E-state index contributed by atoms with van der Waals surface area (Å²) in [6.45, 7) is 9.18. The van der Waals surface area contributed by atoms with Gasteiger partial charge in [-0.15, -0.1) is 0 Å². The highest BCUT2D eigenvalue weighted by Gasteiger charge is 2.40. The van der Waals surface area contributed by atoms with Crippen LogP contribution in [0.5, 0.6) is 0 Å². The summed E-state index contributed by atoms with van der Waals surface area (Å²) in [6.07, 6.45) is 5.51. The van der Waals surface area contributed by atoms with Gasteiger partial charge in [-0.3, -0.25) is 4.98 Å². The number of hydrogen-bond acceptors (Lipinski definition) is 1. The zero-order valence-electron chi connectivity index (χ0n) is 27.4. The van der Waals surface area contributed by atoms with Crippen LogP contribution in [0.15, 0.2) is 128 Å². The second kappa shape index (κ2) is 9.76. The first-order valence-electron chi connectivity index (χ1n) is 16.4. The van der Waals surface area contributed by atoms with E-state index in [2.05, 4.69) is 176 Å². The number of nitrogens with zero attached hydrogens (tertiary/aromatic N) is 4. The molecule has 0 amide bonds. The molecule has 1 atom stereocenters. The Morgan fingerprint density at radius 3 is 2.34 bits per heavy atom. The van der Waals surface area contributed by atoms with Gasteiger partial charge in [0.15, 0.2) is 0 Å². The molecule has 1 aliphatic heterocycles. The van der Waals surface area contributed by atoms with E-state index in [1.54, 1.807) is 0 Å². The number of benzene rings is 5. The summed E-state index contributed by atoms with van der Waals surface area (Å²) in [6, 6.07) is 44.5. The van der Waals surface area contributed by atoms with Crippen molar-refractivity contribution in [2.24, 2.45) is 7.05 Å². The van der Waals surface area contributed by atoms with Gasteiger partial charge in [-0.1, -0.05) is 112 Å². The molecule has 5 aromatic carbocycles. The van der Waals surface area contributed by atoms with Crippen molar-refractivity contribution in [3.8, 4) is 22.6 Å². The minimum atomic E-state index is -0.446. The molecule has 3 aromatic heterocycles. The zero-order valence-corrected chi connectivity index (χ0v) is 27.4.